The average molecular weight is 269 g/mol. The largest absolute Gasteiger partial charge is 0.454 e. The summed E-state index contributed by atoms with van der Waals surface area (Å²) < 4.78 is 38.3. The van der Waals surface area contributed by atoms with Gasteiger partial charge in [-0.25, -0.2) is 8.78 Å². The molecule has 0 spiro atoms. The fourth-order valence-corrected chi connectivity index (χ4v) is 2.93. The second-order valence-corrected chi connectivity index (χ2v) is 5.48. The third-order valence-corrected chi connectivity index (χ3v) is 4.26. The average Bonchev–Trinajstić information content (AvgIpc) is 2.73. The van der Waals surface area contributed by atoms with E-state index < -0.39 is 5.92 Å². The normalized spacial score (nSPS) is 20.2. The van der Waals surface area contributed by atoms with Gasteiger partial charge in [0.2, 0.25) is 6.79 Å². The van der Waals surface area contributed by atoms with Crippen LogP contribution in [0.5, 0.6) is 11.5 Å². The smallest absolute Gasteiger partial charge is 0.270 e. The van der Waals surface area contributed by atoms with Crippen LogP contribution in [-0.4, -0.2) is 13.3 Å². The molecule has 1 aromatic carbocycles. The first-order valence-electron chi connectivity index (χ1n) is 6.49. The van der Waals surface area contributed by atoms with Crippen molar-refractivity contribution in [1.29, 1.82) is 0 Å². The third-order valence-electron chi connectivity index (χ3n) is 4.26. The molecule has 104 valence electrons. The van der Waals surface area contributed by atoms with Crippen LogP contribution in [0.3, 0.4) is 0 Å². The summed E-state index contributed by atoms with van der Waals surface area (Å²) in [4.78, 5) is 0. The number of halogens is 2. The van der Waals surface area contributed by atoms with E-state index in [-0.39, 0.29) is 17.8 Å². The zero-order chi connectivity index (χ0) is 13.7. The minimum atomic E-state index is -2.91. The fraction of sp³-hybridized carbons (Fsp3) is 0.571. The first-order chi connectivity index (χ1) is 8.96. The standard InChI is InChI=1S/C14H17F2NO2/c1-13(15,16)9-5-11-12(19-8-18-11)6-10(9)14(7-17)3-2-4-14/h5-6H,2-4,7-8,17H2,1H3. The molecule has 2 aliphatic rings. The van der Waals surface area contributed by atoms with Gasteiger partial charge in [0.1, 0.15) is 0 Å². The van der Waals surface area contributed by atoms with Gasteiger partial charge in [-0.1, -0.05) is 6.42 Å². The quantitative estimate of drug-likeness (QED) is 0.917. The van der Waals surface area contributed by atoms with Gasteiger partial charge in [0.05, 0.1) is 0 Å². The van der Waals surface area contributed by atoms with Crippen molar-refractivity contribution >= 4 is 0 Å². The lowest BCUT2D eigenvalue weighted by atomic mass is 9.63. The van der Waals surface area contributed by atoms with Crippen LogP contribution in [0.15, 0.2) is 12.1 Å². The molecular formula is C14H17F2NO2. The number of ether oxygens (including phenoxy) is 2. The molecular weight excluding hydrogens is 252 g/mol. The number of benzene rings is 1. The van der Waals surface area contributed by atoms with Crippen LogP contribution in [-0.2, 0) is 11.3 Å². The summed E-state index contributed by atoms with van der Waals surface area (Å²) in [5.74, 6) is -1.97. The molecule has 1 heterocycles. The molecule has 2 N–H and O–H groups in total. The van der Waals surface area contributed by atoms with Crippen LogP contribution in [0.1, 0.15) is 37.3 Å². The highest BCUT2D eigenvalue weighted by atomic mass is 19.3. The van der Waals surface area contributed by atoms with Crippen molar-refractivity contribution in [1.82, 2.24) is 0 Å². The van der Waals surface area contributed by atoms with Gasteiger partial charge in [-0.2, -0.15) is 0 Å². The van der Waals surface area contributed by atoms with E-state index in [2.05, 4.69) is 0 Å². The topological polar surface area (TPSA) is 44.5 Å². The Morgan fingerprint density at radius 3 is 2.37 bits per heavy atom. The first-order valence-corrected chi connectivity index (χ1v) is 6.49. The SMILES string of the molecule is CC(F)(F)c1cc2c(cc1C1(CN)CCC1)OCO2. The van der Waals surface area contributed by atoms with E-state index in [1.165, 1.54) is 6.07 Å². The molecule has 0 saturated heterocycles. The predicted molar refractivity (Wildman–Crippen MR) is 66.7 cm³/mol. The molecule has 0 bridgehead atoms. The predicted octanol–water partition coefficient (Wildman–Crippen LogP) is 2.91. The molecule has 19 heavy (non-hydrogen) atoms. The molecule has 0 aromatic heterocycles. The van der Waals surface area contributed by atoms with E-state index in [9.17, 15) is 8.78 Å². The van der Waals surface area contributed by atoms with Crippen molar-refractivity contribution < 1.29 is 18.3 Å². The van der Waals surface area contributed by atoms with E-state index in [0.29, 0.717) is 23.6 Å². The van der Waals surface area contributed by atoms with E-state index in [1.54, 1.807) is 6.07 Å². The van der Waals surface area contributed by atoms with Crippen molar-refractivity contribution in [2.24, 2.45) is 5.73 Å². The van der Waals surface area contributed by atoms with Crippen LogP contribution in [0.2, 0.25) is 0 Å². The molecule has 1 fully saturated rings. The minimum Gasteiger partial charge on any atom is -0.454 e. The number of rotatable bonds is 3. The van der Waals surface area contributed by atoms with Crippen LogP contribution in [0, 0.1) is 0 Å². The van der Waals surface area contributed by atoms with Crippen molar-refractivity contribution in [3.8, 4) is 11.5 Å². The number of nitrogens with two attached hydrogens (primary N) is 1. The molecule has 5 heteroatoms. The lowest BCUT2D eigenvalue weighted by Crippen LogP contribution is -2.43. The molecule has 1 aliphatic carbocycles. The van der Waals surface area contributed by atoms with Gasteiger partial charge in [0, 0.05) is 24.4 Å². The van der Waals surface area contributed by atoms with E-state index >= 15 is 0 Å². The molecule has 1 aromatic rings. The summed E-state index contributed by atoms with van der Waals surface area (Å²) in [5, 5.41) is 0. The Balaban J connectivity index is 2.16. The summed E-state index contributed by atoms with van der Waals surface area (Å²) in [6, 6.07) is 3.11. The van der Waals surface area contributed by atoms with Crippen LogP contribution >= 0.6 is 0 Å². The van der Waals surface area contributed by atoms with E-state index in [0.717, 1.165) is 26.2 Å². The van der Waals surface area contributed by atoms with Crippen molar-refractivity contribution in [2.45, 2.75) is 37.5 Å². The summed E-state index contributed by atoms with van der Waals surface area (Å²) >= 11 is 0. The third kappa shape index (κ3) is 1.87. The highest BCUT2D eigenvalue weighted by Gasteiger charge is 2.43. The van der Waals surface area contributed by atoms with Gasteiger partial charge in [0.15, 0.2) is 11.5 Å². The molecule has 0 radical (unpaired) electrons. The van der Waals surface area contributed by atoms with Crippen LogP contribution < -0.4 is 15.2 Å². The second-order valence-electron chi connectivity index (χ2n) is 5.48. The molecule has 1 aliphatic heterocycles. The van der Waals surface area contributed by atoms with E-state index in [4.69, 9.17) is 15.2 Å². The summed E-state index contributed by atoms with van der Waals surface area (Å²) in [6.45, 7) is 1.38. The van der Waals surface area contributed by atoms with Gasteiger partial charge in [-0.15, -0.1) is 0 Å². The number of hydrogen-bond donors (Lipinski definition) is 1. The number of hydrogen-bond acceptors (Lipinski definition) is 3. The molecule has 0 atom stereocenters. The lowest BCUT2D eigenvalue weighted by Gasteiger charge is -2.43. The summed E-state index contributed by atoms with van der Waals surface area (Å²) in [7, 11) is 0. The van der Waals surface area contributed by atoms with Gasteiger partial charge in [0.25, 0.3) is 5.92 Å². The summed E-state index contributed by atoms with van der Waals surface area (Å²) in [5.41, 5.74) is 6.16. The highest BCUT2D eigenvalue weighted by Crippen LogP contribution is 2.50. The Labute approximate surface area is 110 Å². The van der Waals surface area contributed by atoms with Gasteiger partial charge in [-0.05, 0) is 30.5 Å². The Kier molecular flexibility index (Phi) is 2.71. The molecule has 3 rings (SSSR count). The van der Waals surface area contributed by atoms with Gasteiger partial charge in [-0.3, -0.25) is 0 Å². The van der Waals surface area contributed by atoms with Crippen molar-refractivity contribution in [3.05, 3.63) is 23.3 Å². The van der Waals surface area contributed by atoms with Crippen molar-refractivity contribution in [2.75, 3.05) is 13.3 Å². The fourth-order valence-electron chi connectivity index (χ4n) is 2.93. The van der Waals surface area contributed by atoms with Crippen LogP contribution in [0.25, 0.3) is 0 Å². The zero-order valence-electron chi connectivity index (χ0n) is 10.8. The Bertz CT molecular complexity index is 501. The monoisotopic (exact) mass is 269 g/mol. The zero-order valence-corrected chi connectivity index (χ0v) is 10.8. The first kappa shape index (κ1) is 12.7. The molecule has 0 unspecified atom stereocenters. The maximum atomic E-state index is 13.9. The van der Waals surface area contributed by atoms with Gasteiger partial charge >= 0.3 is 0 Å². The van der Waals surface area contributed by atoms with Crippen LogP contribution in [0.4, 0.5) is 8.78 Å². The number of fused-ring (bicyclic) bond motifs is 1. The maximum absolute atomic E-state index is 13.9. The van der Waals surface area contributed by atoms with Crippen molar-refractivity contribution in [3.63, 3.8) is 0 Å². The Morgan fingerprint density at radius 2 is 1.89 bits per heavy atom. The molecule has 3 nitrogen and oxygen atoms in total. The molecule has 0 amide bonds. The van der Waals surface area contributed by atoms with E-state index in [1.807, 2.05) is 0 Å². The van der Waals surface area contributed by atoms with Gasteiger partial charge < -0.3 is 15.2 Å². The second kappa shape index (κ2) is 4.07. The summed E-state index contributed by atoms with van der Waals surface area (Å²) in [6.07, 6.45) is 2.73. The Hall–Kier alpha value is -1.36. The maximum Gasteiger partial charge on any atom is 0.270 e. The Morgan fingerprint density at radius 1 is 1.26 bits per heavy atom. The molecule has 1 saturated carbocycles. The highest BCUT2D eigenvalue weighted by molar-refractivity contribution is 5.53. The lowest BCUT2D eigenvalue weighted by molar-refractivity contribution is 0.0140. The number of alkyl halides is 2. The minimum absolute atomic E-state index is 0.0156.